The summed E-state index contributed by atoms with van der Waals surface area (Å²) in [6.07, 6.45) is 1.59. The Balaban J connectivity index is 2.41. The number of nitrogens with two attached hydrogens (primary N) is 1. The summed E-state index contributed by atoms with van der Waals surface area (Å²) in [5.74, 6) is 0.503. The van der Waals surface area contributed by atoms with E-state index in [0.717, 1.165) is 13.0 Å². The van der Waals surface area contributed by atoms with Crippen molar-refractivity contribution in [1.82, 2.24) is 9.80 Å². The molecule has 2 unspecified atom stereocenters. The second kappa shape index (κ2) is 7.01. The van der Waals surface area contributed by atoms with E-state index in [1.807, 2.05) is 0 Å². The van der Waals surface area contributed by atoms with Crippen LogP contribution in [0.3, 0.4) is 0 Å². The molecule has 2 atom stereocenters. The monoisotopic (exact) mass is 273 g/mol. The third-order valence-electron chi connectivity index (χ3n) is 3.64. The summed E-state index contributed by atoms with van der Waals surface area (Å²) in [4.78, 5) is 16.1. The van der Waals surface area contributed by atoms with Gasteiger partial charge in [0.2, 0.25) is 5.91 Å². The van der Waals surface area contributed by atoms with Crippen molar-refractivity contribution in [2.45, 2.75) is 25.8 Å². The zero-order valence-corrected chi connectivity index (χ0v) is 11.9. The van der Waals surface area contributed by atoms with E-state index in [1.165, 1.54) is 0 Å². The third kappa shape index (κ3) is 4.19. The van der Waals surface area contributed by atoms with Crippen molar-refractivity contribution in [3.8, 4) is 0 Å². The Labute approximate surface area is 114 Å². The maximum absolute atomic E-state index is 12.0. The number of carbonyl (C=O) groups is 1. The summed E-state index contributed by atoms with van der Waals surface area (Å²) in [6.45, 7) is 4.03. The van der Waals surface area contributed by atoms with Gasteiger partial charge in [-0.1, -0.05) is 19.1 Å². The van der Waals surface area contributed by atoms with Crippen molar-refractivity contribution >= 4 is 23.1 Å². The molecule has 1 aliphatic heterocycles. The molecule has 1 amide bonds. The molecule has 0 aliphatic carbocycles. The molecule has 0 aromatic rings. The van der Waals surface area contributed by atoms with Crippen molar-refractivity contribution in [3.05, 3.63) is 0 Å². The zero-order chi connectivity index (χ0) is 13.7. The molecule has 104 valence electrons. The van der Waals surface area contributed by atoms with E-state index in [0.29, 0.717) is 30.4 Å². The van der Waals surface area contributed by atoms with E-state index >= 15 is 0 Å². The van der Waals surface area contributed by atoms with Crippen molar-refractivity contribution in [2.24, 2.45) is 11.7 Å². The van der Waals surface area contributed by atoms with Gasteiger partial charge in [0, 0.05) is 26.1 Å². The summed E-state index contributed by atoms with van der Waals surface area (Å²) in [5, 5.41) is 9.33. The first-order valence-electron chi connectivity index (χ1n) is 6.33. The van der Waals surface area contributed by atoms with Crippen LogP contribution in [0.25, 0.3) is 0 Å². The van der Waals surface area contributed by atoms with Crippen LogP contribution in [0, 0.1) is 5.92 Å². The van der Waals surface area contributed by atoms with E-state index < -0.39 is 0 Å². The SMILES string of the molecule is CC1CCN(CC(=O)N(C)CCC(N)=S)C1CO. The summed E-state index contributed by atoms with van der Waals surface area (Å²) in [6, 6.07) is 0.109. The molecule has 0 bridgehead atoms. The molecule has 1 rings (SSSR count). The number of nitrogens with zero attached hydrogens (tertiary/aromatic N) is 2. The summed E-state index contributed by atoms with van der Waals surface area (Å²) in [5.41, 5.74) is 5.42. The minimum absolute atomic E-state index is 0.0544. The number of hydrogen-bond donors (Lipinski definition) is 2. The highest BCUT2D eigenvalue weighted by atomic mass is 32.1. The molecule has 1 heterocycles. The molecule has 0 aromatic heterocycles. The van der Waals surface area contributed by atoms with E-state index in [-0.39, 0.29) is 18.6 Å². The van der Waals surface area contributed by atoms with Gasteiger partial charge in [-0.25, -0.2) is 0 Å². The van der Waals surface area contributed by atoms with E-state index in [4.69, 9.17) is 18.0 Å². The fraction of sp³-hybridized carbons (Fsp3) is 0.833. The van der Waals surface area contributed by atoms with Crippen LogP contribution < -0.4 is 5.73 Å². The molecule has 1 fully saturated rings. The van der Waals surface area contributed by atoms with Crippen LogP contribution in [-0.4, -0.2) is 65.1 Å². The Kier molecular flexibility index (Phi) is 5.98. The van der Waals surface area contributed by atoms with Crippen LogP contribution in [-0.2, 0) is 4.79 Å². The maximum Gasteiger partial charge on any atom is 0.236 e. The zero-order valence-electron chi connectivity index (χ0n) is 11.1. The Hall–Kier alpha value is -0.720. The number of carbonyl (C=O) groups excluding carboxylic acids is 1. The summed E-state index contributed by atoms with van der Waals surface area (Å²) >= 11 is 4.79. The largest absolute Gasteiger partial charge is 0.395 e. The number of likely N-dealkylation sites (tertiary alicyclic amines) is 1. The third-order valence-corrected chi connectivity index (χ3v) is 3.85. The molecule has 5 nitrogen and oxygen atoms in total. The van der Waals surface area contributed by atoms with Gasteiger partial charge >= 0.3 is 0 Å². The molecular weight excluding hydrogens is 250 g/mol. The normalized spacial score (nSPS) is 24.2. The molecule has 1 saturated heterocycles. The average Bonchev–Trinajstić information content (AvgIpc) is 2.66. The topological polar surface area (TPSA) is 69.8 Å². The standard InChI is InChI=1S/C12H23N3O2S/c1-9-3-6-15(10(9)8-16)7-12(17)14(2)5-4-11(13)18/h9-10,16H,3-8H2,1-2H3,(H2,13,18). The predicted octanol–water partition coefficient (Wildman–Crippen LogP) is -0.176. The van der Waals surface area contributed by atoms with Gasteiger partial charge in [0.05, 0.1) is 18.1 Å². The van der Waals surface area contributed by atoms with Crippen molar-refractivity contribution in [2.75, 3.05) is 33.3 Å². The van der Waals surface area contributed by atoms with Crippen LogP contribution in [0.1, 0.15) is 19.8 Å². The molecule has 1 aliphatic rings. The second-order valence-corrected chi connectivity index (χ2v) is 5.54. The van der Waals surface area contributed by atoms with E-state index in [2.05, 4.69) is 11.8 Å². The van der Waals surface area contributed by atoms with Crippen LogP contribution in [0.2, 0.25) is 0 Å². The first-order valence-corrected chi connectivity index (χ1v) is 6.73. The quantitative estimate of drug-likeness (QED) is 0.657. The van der Waals surface area contributed by atoms with Crippen LogP contribution in [0.5, 0.6) is 0 Å². The number of amides is 1. The number of aliphatic hydroxyl groups is 1. The van der Waals surface area contributed by atoms with Gasteiger partial charge in [-0.3, -0.25) is 9.69 Å². The predicted molar refractivity (Wildman–Crippen MR) is 75.3 cm³/mol. The van der Waals surface area contributed by atoms with Crippen LogP contribution >= 0.6 is 12.2 Å². The first kappa shape index (κ1) is 15.3. The summed E-state index contributed by atoms with van der Waals surface area (Å²) in [7, 11) is 1.76. The molecule has 0 aromatic carbocycles. The first-order chi connectivity index (χ1) is 8.45. The molecule has 18 heavy (non-hydrogen) atoms. The highest BCUT2D eigenvalue weighted by Crippen LogP contribution is 2.23. The fourth-order valence-electron chi connectivity index (χ4n) is 2.28. The fourth-order valence-corrected chi connectivity index (χ4v) is 2.37. The van der Waals surface area contributed by atoms with Crippen molar-refractivity contribution in [1.29, 1.82) is 0 Å². The molecule has 3 N–H and O–H groups in total. The van der Waals surface area contributed by atoms with E-state index in [1.54, 1.807) is 11.9 Å². The Bertz CT molecular complexity index is 312. The van der Waals surface area contributed by atoms with Gasteiger partial charge in [0.25, 0.3) is 0 Å². The summed E-state index contributed by atoms with van der Waals surface area (Å²) < 4.78 is 0. The minimum Gasteiger partial charge on any atom is -0.395 e. The highest BCUT2D eigenvalue weighted by molar-refractivity contribution is 7.80. The lowest BCUT2D eigenvalue weighted by molar-refractivity contribution is -0.131. The number of rotatable bonds is 6. The molecule has 0 radical (unpaired) electrons. The Morgan fingerprint density at radius 3 is 2.83 bits per heavy atom. The minimum atomic E-state index is 0.0544. The number of likely N-dealkylation sites (N-methyl/N-ethyl adjacent to an activating group) is 1. The number of hydrogen-bond acceptors (Lipinski definition) is 4. The lowest BCUT2D eigenvalue weighted by Gasteiger charge is -2.26. The smallest absolute Gasteiger partial charge is 0.236 e. The molecule has 6 heteroatoms. The van der Waals surface area contributed by atoms with Gasteiger partial charge in [0.1, 0.15) is 0 Å². The van der Waals surface area contributed by atoms with Crippen LogP contribution in [0.4, 0.5) is 0 Å². The number of aliphatic hydroxyl groups excluding tert-OH is 1. The average molecular weight is 273 g/mol. The maximum atomic E-state index is 12.0. The van der Waals surface area contributed by atoms with Crippen molar-refractivity contribution < 1.29 is 9.90 Å². The molecular formula is C12H23N3O2S. The van der Waals surface area contributed by atoms with E-state index in [9.17, 15) is 9.90 Å². The van der Waals surface area contributed by atoms with Gasteiger partial charge < -0.3 is 15.7 Å². The Morgan fingerprint density at radius 1 is 1.61 bits per heavy atom. The lowest BCUT2D eigenvalue weighted by Crippen LogP contribution is -2.43. The van der Waals surface area contributed by atoms with Gasteiger partial charge in [-0.15, -0.1) is 0 Å². The Morgan fingerprint density at radius 2 is 2.28 bits per heavy atom. The molecule has 0 saturated carbocycles. The van der Waals surface area contributed by atoms with Gasteiger partial charge in [-0.05, 0) is 18.9 Å². The van der Waals surface area contributed by atoms with Crippen LogP contribution in [0.15, 0.2) is 0 Å². The number of thiocarbonyl (C=S) groups is 1. The van der Waals surface area contributed by atoms with Crippen molar-refractivity contribution in [3.63, 3.8) is 0 Å². The van der Waals surface area contributed by atoms with Gasteiger partial charge in [-0.2, -0.15) is 0 Å². The lowest BCUT2D eigenvalue weighted by atomic mass is 10.0. The van der Waals surface area contributed by atoms with Gasteiger partial charge in [0.15, 0.2) is 0 Å². The second-order valence-electron chi connectivity index (χ2n) is 5.02. The highest BCUT2D eigenvalue weighted by Gasteiger charge is 2.32. The molecule has 0 spiro atoms.